The van der Waals surface area contributed by atoms with Crippen molar-refractivity contribution in [1.29, 1.82) is 0 Å². The fraction of sp³-hybridized carbons (Fsp3) is 0.632. The van der Waals surface area contributed by atoms with Gasteiger partial charge in [0.2, 0.25) is 0 Å². The van der Waals surface area contributed by atoms with Gasteiger partial charge in [-0.3, -0.25) is 4.90 Å². The number of hydrogen-bond acceptors (Lipinski definition) is 2. The Hall–Kier alpha value is -0.820. The lowest BCUT2D eigenvalue weighted by atomic mass is 10.1. The summed E-state index contributed by atoms with van der Waals surface area (Å²) in [5.41, 5.74) is 2.77. The molecule has 136 valence electrons. The Kier molecular flexibility index (Phi) is 9.66. The first kappa shape index (κ1) is 21.2. The molecular weight excluding hydrogens is 411 g/mol. The molecule has 0 radical (unpaired) electrons. The van der Waals surface area contributed by atoms with Gasteiger partial charge in [-0.25, -0.2) is 4.99 Å². The molecule has 1 aliphatic rings. The highest BCUT2D eigenvalue weighted by Gasteiger charge is 2.12. The summed E-state index contributed by atoms with van der Waals surface area (Å²) < 4.78 is 0. The molecule has 1 aromatic rings. The van der Waals surface area contributed by atoms with Crippen LogP contribution in [-0.4, -0.2) is 61.9 Å². The summed E-state index contributed by atoms with van der Waals surface area (Å²) >= 11 is 0. The Morgan fingerprint density at radius 1 is 0.917 bits per heavy atom. The van der Waals surface area contributed by atoms with E-state index in [2.05, 4.69) is 39.0 Å². The third-order valence-corrected chi connectivity index (χ3v) is 4.40. The highest BCUT2D eigenvalue weighted by Crippen LogP contribution is 2.17. The highest BCUT2D eigenvalue weighted by atomic mass is 127. The first-order valence-electron chi connectivity index (χ1n) is 8.76. The van der Waals surface area contributed by atoms with Crippen molar-refractivity contribution in [1.82, 2.24) is 14.7 Å². The molecule has 0 aromatic heterocycles. The third kappa shape index (κ3) is 6.59. The molecule has 4 nitrogen and oxygen atoms in total. The Labute approximate surface area is 164 Å². The lowest BCUT2D eigenvalue weighted by molar-refractivity contribution is 0.276. The number of nitrogens with zero attached hydrogens (tertiary/aromatic N) is 4. The number of halogens is 1. The molecule has 0 N–H and O–H groups in total. The maximum absolute atomic E-state index is 4.82. The monoisotopic (exact) mass is 444 g/mol. The highest BCUT2D eigenvalue weighted by molar-refractivity contribution is 14.0. The van der Waals surface area contributed by atoms with Gasteiger partial charge in [0, 0.05) is 34.7 Å². The number of rotatable bonds is 4. The second-order valence-electron chi connectivity index (χ2n) is 6.86. The van der Waals surface area contributed by atoms with Gasteiger partial charge in [0.05, 0.1) is 6.54 Å². The quantitative estimate of drug-likeness (QED) is 0.402. The van der Waals surface area contributed by atoms with Crippen LogP contribution >= 0.6 is 24.0 Å². The van der Waals surface area contributed by atoms with Crippen molar-refractivity contribution >= 4 is 29.9 Å². The van der Waals surface area contributed by atoms with Crippen LogP contribution in [0.25, 0.3) is 0 Å². The predicted molar refractivity (Wildman–Crippen MR) is 114 cm³/mol. The van der Waals surface area contributed by atoms with E-state index in [0.29, 0.717) is 0 Å². The van der Waals surface area contributed by atoms with Crippen LogP contribution < -0.4 is 0 Å². The Bertz CT molecular complexity index is 496. The molecule has 0 saturated carbocycles. The second-order valence-corrected chi connectivity index (χ2v) is 6.86. The summed E-state index contributed by atoms with van der Waals surface area (Å²) in [7, 11) is 8.17. The van der Waals surface area contributed by atoms with Crippen LogP contribution in [0.1, 0.15) is 36.8 Å². The van der Waals surface area contributed by atoms with Gasteiger partial charge in [0.25, 0.3) is 0 Å². The van der Waals surface area contributed by atoms with E-state index in [4.69, 9.17) is 4.99 Å². The summed E-state index contributed by atoms with van der Waals surface area (Å²) in [6, 6.07) is 8.77. The molecule has 1 fully saturated rings. The second kappa shape index (κ2) is 10.9. The molecule has 24 heavy (non-hydrogen) atoms. The van der Waals surface area contributed by atoms with E-state index >= 15 is 0 Å². The van der Waals surface area contributed by atoms with Gasteiger partial charge >= 0.3 is 0 Å². The largest absolute Gasteiger partial charge is 0.349 e. The Morgan fingerprint density at radius 3 is 2.00 bits per heavy atom. The van der Waals surface area contributed by atoms with Crippen molar-refractivity contribution in [2.75, 3.05) is 41.3 Å². The summed E-state index contributed by atoms with van der Waals surface area (Å²) in [6.45, 7) is 4.27. The van der Waals surface area contributed by atoms with Gasteiger partial charge in [-0.2, -0.15) is 0 Å². The Balaban J connectivity index is 0.00000288. The lowest BCUT2D eigenvalue weighted by Crippen LogP contribution is -2.35. The minimum atomic E-state index is 0. The van der Waals surface area contributed by atoms with Crippen LogP contribution in [0.2, 0.25) is 0 Å². The van der Waals surface area contributed by atoms with E-state index < -0.39 is 0 Å². The molecule has 1 aromatic carbocycles. The van der Waals surface area contributed by atoms with Gasteiger partial charge in [-0.1, -0.05) is 37.1 Å². The van der Waals surface area contributed by atoms with Crippen LogP contribution in [0, 0.1) is 0 Å². The molecule has 1 heterocycles. The molecular formula is C19H33IN4. The zero-order valence-electron chi connectivity index (χ0n) is 15.7. The molecule has 0 amide bonds. The van der Waals surface area contributed by atoms with Gasteiger partial charge in [-0.15, -0.1) is 24.0 Å². The number of guanidine groups is 1. The average Bonchev–Trinajstić information content (AvgIpc) is 2.77. The molecule has 1 aliphatic heterocycles. The zero-order chi connectivity index (χ0) is 16.7. The topological polar surface area (TPSA) is 22.1 Å². The van der Waals surface area contributed by atoms with Gasteiger partial charge in [0.1, 0.15) is 0 Å². The molecule has 0 spiro atoms. The van der Waals surface area contributed by atoms with E-state index in [1.54, 1.807) is 0 Å². The van der Waals surface area contributed by atoms with Gasteiger partial charge < -0.3 is 9.80 Å². The van der Waals surface area contributed by atoms with E-state index in [0.717, 1.165) is 19.0 Å². The minimum Gasteiger partial charge on any atom is -0.349 e. The minimum absolute atomic E-state index is 0. The maximum Gasteiger partial charge on any atom is 0.195 e. The zero-order valence-corrected chi connectivity index (χ0v) is 18.0. The van der Waals surface area contributed by atoms with Crippen molar-refractivity contribution < 1.29 is 0 Å². The van der Waals surface area contributed by atoms with Crippen LogP contribution in [0.3, 0.4) is 0 Å². The first-order valence-corrected chi connectivity index (χ1v) is 8.76. The van der Waals surface area contributed by atoms with E-state index in [-0.39, 0.29) is 24.0 Å². The van der Waals surface area contributed by atoms with Crippen LogP contribution in [0.5, 0.6) is 0 Å². The predicted octanol–water partition coefficient (Wildman–Crippen LogP) is 3.66. The van der Waals surface area contributed by atoms with Crippen molar-refractivity contribution in [3.63, 3.8) is 0 Å². The molecule has 1 saturated heterocycles. The molecule has 5 heteroatoms. The third-order valence-electron chi connectivity index (χ3n) is 4.40. The molecule has 0 unspecified atom stereocenters. The lowest BCUT2D eigenvalue weighted by Gasteiger charge is -2.23. The summed E-state index contributed by atoms with van der Waals surface area (Å²) in [5.74, 6) is 1.01. The number of aliphatic imine (C=N–C) groups is 1. The van der Waals surface area contributed by atoms with Crippen LogP contribution in [-0.2, 0) is 13.1 Å². The fourth-order valence-electron chi connectivity index (χ4n) is 3.24. The Morgan fingerprint density at radius 2 is 1.46 bits per heavy atom. The molecule has 2 rings (SSSR count). The number of likely N-dealkylation sites (tertiary alicyclic amines) is 1. The standard InChI is InChI=1S/C19H32N4.HI/c1-21(2)19(22(3)4)20-15-17-11-7-8-12-18(17)16-23-13-9-5-6-10-14-23;/h7-8,11-12H,5-6,9-10,13-16H2,1-4H3;1H. The SMILES string of the molecule is CN(C)C(=NCc1ccccc1CN1CCCCCC1)N(C)C.I. The summed E-state index contributed by atoms with van der Waals surface area (Å²) in [6.07, 6.45) is 5.45. The van der Waals surface area contributed by atoms with Crippen molar-refractivity contribution in [3.8, 4) is 0 Å². The van der Waals surface area contributed by atoms with E-state index in [1.807, 2.05) is 28.2 Å². The van der Waals surface area contributed by atoms with Crippen molar-refractivity contribution in [3.05, 3.63) is 35.4 Å². The van der Waals surface area contributed by atoms with Crippen LogP contribution in [0.4, 0.5) is 0 Å². The molecule has 0 atom stereocenters. The number of benzene rings is 1. The first-order chi connectivity index (χ1) is 11.1. The van der Waals surface area contributed by atoms with E-state index in [1.165, 1.54) is 49.9 Å². The molecule has 0 bridgehead atoms. The summed E-state index contributed by atoms with van der Waals surface area (Å²) in [5, 5.41) is 0. The fourth-order valence-corrected chi connectivity index (χ4v) is 3.24. The average molecular weight is 444 g/mol. The van der Waals surface area contributed by atoms with E-state index in [9.17, 15) is 0 Å². The van der Waals surface area contributed by atoms with Crippen LogP contribution in [0.15, 0.2) is 29.3 Å². The van der Waals surface area contributed by atoms with Crippen molar-refractivity contribution in [2.45, 2.75) is 38.8 Å². The normalized spacial score (nSPS) is 15.2. The smallest absolute Gasteiger partial charge is 0.195 e. The van der Waals surface area contributed by atoms with Gasteiger partial charge in [0.15, 0.2) is 5.96 Å². The number of hydrogen-bond donors (Lipinski definition) is 0. The van der Waals surface area contributed by atoms with Gasteiger partial charge in [-0.05, 0) is 37.1 Å². The maximum atomic E-state index is 4.82. The molecule has 0 aliphatic carbocycles. The van der Waals surface area contributed by atoms with Crippen molar-refractivity contribution in [2.24, 2.45) is 4.99 Å². The summed E-state index contributed by atoms with van der Waals surface area (Å²) in [4.78, 5) is 11.6.